The largest absolute Gasteiger partial charge is 0.294 e. The van der Waals surface area contributed by atoms with E-state index in [-0.39, 0.29) is 6.61 Å². The van der Waals surface area contributed by atoms with E-state index in [9.17, 15) is 9.59 Å². The molecule has 0 atom stereocenters. The number of fused-ring (bicyclic) bond motifs is 1. The summed E-state index contributed by atoms with van der Waals surface area (Å²) in [5.74, 6) is -1.02. The molecule has 0 bridgehead atoms. The molecule has 0 aliphatic heterocycles. The molecule has 1 aromatic heterocycles. The number of nitrogens with zero attached hydrogens (tertiary/aromatic N) is 1. The van der Waals surface area contributed by atoms with Crippen LogP contribution < -0.4 is 11.0 Å². The number of pyridine rings is 1. The molecule has 7 heteroatoms. The lowest BCUT2D eigenvalue weighted by molar-refractivity contribution is -0.124. The van der Waals surface area contributed by atoms with E-state index in [2.05, 4.69) is 10.5 Å². The smallest absolute Gasteiger partial charge is 0.288 e. The molecule has 27 heavy (non-hydrogen) atoms. The standard InChI is InChI=1S/C20H17N3O4/c24-18(22-26)10-9-14-5-7-15(8-6-14)13-27-23-20(25)19-17-4-2-1-3-16(17)11-12-21-19/h1-12,26H,13H2,(H,22,24)(H,23,25)/b10-9+. The van der Waals surface area contributed by atoms with Crippen molar-refractivity contribution < 1.29 is 19.6 Å². The summed E-state index contributed by atoms with van der Waals surface area (Å²) in [4.78, 5) is 32.7. The normalized spacial score (nSPS) is 10.9. The van der Waals surface area contributed by atoms with E-state index in [1.165, 1.54) is 11.6 Å². The first-order chi connectivity index (χ1) is 13.2. The van der Waals surface area contributed by atoms with Crippen molar-refractivity contribution in [2.75, 3.05) is 0 Å². The summed E-state index contributed by atoms with van der Waals surface area (Å²) in [6.07, 6.45) is 4.35. The van der Waals surface area contributed by atoms with Crippen LogP contribution in [-0.2, 0) is 16.2 Å². The maximum absolute atomic E-state index is 12.3. The number of amides is 2. The van der Waals surface area contributed by atoms with Gasteiger partial charge in [-0.05, 0) is 28.7 Å². The average molecular weight is 363 g/mol. The summed E-state index contributed by atoms with van der Waals surface area (Å²) in [5, 5.41) is 10.1. The molecule has 0 aliphatic rings. The van der Waals surface area contributed by atoms with Crippen LogP contribution in [0.25, 0.3) is 16.8 Å². The molecule has 0 saturated carbocycles. The third-order valence-corrected chi connectivity index (χ3v) is 3.81. The Morgan fingerprint density at radius 3 is 2.63 bits per heavy atom. The van der Waals surface area contributed by atoms with Crippen molar-refractivity contribution >= 4 is 28.7 Å². The second-order valence-electron chi connectivity index (χ2n) is 5.65. The predicted molar refractivity (Wildman–Crippen MR) is 99.4 cm³/mol. The molecule has 2 amide bonds. The van der Waals surface area contributed by atoms with E-state index in [4.69, 9.17) is 10.0 Å². The quantitative estimate of drug-likeness (QED) is 0.355. The Balaban J connectivity index is 1.57. The average Bonchev–Trinajstić information content (AvgIpc) is 2.72. The Kier molecular flexibility index (Phi) is 5.88. The molecule has 3 N–H and O–H groups in total. The molecule has 136 valence electrons. The van der Waals surface area contributed by atoms with E-state index in [1.807, 2.05) is 30.3 Å². The topological polar surface area (TPSA) is 101 Å². The van der Waals surface area contributed by atoms with Crippen molar-refractivity contribution in [3.8, 4) is 0 Å². The van der Waals surface area contributed by atoms with Crippen LogP contribution in [0.1, 0.15) is 21.6 Å². The van der Waals surface area contributed by atoms with E-state index in [0.717, 1.165) is 21.9 Å². The highest BCUT2D eigenvalue weighted by molar-refractivity contribution is 6.04. The highest BCUT2D eigenvalue weighted by Gasteiger charge is 2.11. The molecule has 7 nitrogen and oxygen atoms in total. The van der Waals surface area contributed by atoms with Crippen LogP contribution in [-0.4, -0.2) is 22.0 Å². The zero-order chi connectivity index (χ0) is 19.1. The molecule has 0 radical (unpaired) electrons. The van der Waals surface area contributed by atoms with Gasteiger partial charge in [0.2, 0.25) is 0 Å². The monoisotopic (exact) mass is 363 g/mol. The number of benzene rings is 2. The number of rotatable bonds is 6. The second kappa shape index (κ2) is 8.70. The number of hydroxylamine groups is 2. The van der Waals surface area contributed by atoms with E-state index >= 15 is 0 Å². The predicted octanol–water partition coefficient (Wildman–Crippen LogP) is 2.62. The molecular weight excluding hydrogens is 346 g/mol. The van der Waals surface area contributed by atoms with Crippen LogP contribution in [0.15, 0.2) is 66.9 Å². The second-order valence-corrected chi connectivity index (χ2v) is 5.65. The first-order valence-electron chi connectivity index (χ1n) is 8.14. The van der Waals surface area contributed by atoms with Gasteiger partial charge in [0.1, 0.15) is 5.69 Å². The van der Waals surface area contributed by atoms with Crippen molar-refractivity contribution in [3.05, 3.63) is 83.7 Å². The number of aromatic nitrogens is 1. The number of hydrogen-bond acceptors (Lipinski definition) is 5. The van der Waals surface area contributed by atoms with Crippen LogP contribution >= 0.6 is 0 Å². The van der Waals surface area contributed by atoms with Gasteiger partial charge in [0.25, 0.3) is 11.8 Å². The first-order valence-corrected chi connectivity index (χ1v) is 8.14. The van der Waals surface area contributed by atoms with E-state index in [0.29, 0.717) is 5.69 Å². The molecule has 0 unspecified atom stereocenters. The molecule has 0 fully saturated rings. The fraction of sp³-hybridized carbons (Fsp3) is 0.0500. The third-order valence-electron chi connectivity index (χ3n) is 3.81. The molecule has 0 saturated heterocycles. The summed E-state index contributed by atoms with van der Waals surface area (Å²) in [7, 11) is 0. The summed E-state index contributed by atoms with van der Waals surface area (Å²) < 4.78 is 0. The minimum atomic E-state index is -0.604. The molecular formula is C20H17N3O4. The maximum Gasteiger partial charge on any atom is 0.294 e. The zero-order valence-corrected chi connectivity index (χ0v) is 14.3. The lowest BCUT2D eigenvalue weighted by Gasteiger charge is -2.08. The SMILES string of the molecule is O=C(/C=C/c1ccc(CONC(=O)c2nccc3ccccc23)cc1)NO. The Labute approximate surface area is 155 Å². The van der Waals surface area contributed by atoms with Crippen molar-refractivity contribution in [2.45, 2.75) is 6.61 Å². The van der Waals surface area contributed by atoms with Crippen molar-refractivity contribution in [2.24, 2.45) is 0 Å². The number of hydrogen-bond donors (Lipinski definition) is 3. The van der Waals surface area contributed by atoms with Crippen LogP contribution in [0.3, 0.4) is 0 Å². The number of nitrogens with one attached hydrogen (secondary N) is 2. The highest BCUT2D eigenvalue weighted by atomic mass is 16.6. The Bertz CT molecular complexity index is 979. The van der Waals surface area contributed by atoms with Crippen molar-refractivity contribution in [1.82, 2.24) is 15.9 Å². The van der Waals surface area contributed by atoms with Crippen LogP contribution in [0, 0.1) is 0 Å². The van der Waals surface area contributed by atoms with Crippen LogP contribution in [0.4, 0.5) is 0 Å². The first kappa shape index (κ1) is 18.2. The summed E-state index contributed by atoms with van der Waals surface area (Å²) in [6, 6.07) is 16.5. The zero-order valence-electron chi connectivity index (χ0n) is 14.3. The van der Waals surface area contributed by atoms with Gasteiger partial charge in [-0.25, -0.2) is 11.0 Å². The Morgan fingerprint density at radius 1 is 1.07 bits per heavy atom. The van der Waals surface area contributed by atoms with Gasteiger partial charge in [-0.2, -0.15) is 0 Å². The third kappa shape index (κ3) is 4.75. The van der Waals surface area contributed by atoms with Gasteiger partial charge in [-0.1, -0.05) is 48.5 Å². The lowest BCUT2D eigenvalue weighted by atomic mass is 10.1. The number of carbonyl (C=O) groups is 2. The molecule has 0 spiro atoms. The maximum atomic E-state index is 12.3. The van der Waals surface area contributed by atoms with E-state index < -0.39 is 11.8 Å². The molecule has 3 aromatic rings. The van der Waals surface area contributed by atoms with Gasteiger partial charge < -0.3 is 0 Å². The Hall–Kier alpha value is -3.55. The van der Waals surface area contributed by atoms with Crippen molar-refractivity contribution in [1.29, 1.82) is 0 Å². The van der Waals surface area contributed by atoms with Gasteiger partial charge in [0, 0.05) is 17.7 Å². The van der Waals surface area contributed by atoms with Gasteiger partial charge in [0.15, 0.2) is 0 Å². The van der Waals surface area contributed by atoms with E-state index in [1.54, 1.807) is 36.5 Å². The fourth-order valence-electron chi connectivity index (χ4n) is 2.47. The molecule has 3 rings (SSSR count). The number of carbonyl (C=O) groups excluding carboxylic acids is 2. The van der Waals surface area contributed by atoms with Crippen LogP contribution in [0.2, 0.25) is 0 Å². The lowest BCUT2D eigenvalue weighted by Crippen LogP contribution is -2.24. The molecule has 2 aromatic carbocycles. The minimum Gasteiger partial charge on any atom is -0.288 e. The van der Waals surface area contributed by atoms with Gasteiger partial charge in [-0.3, -0.25) is 24.6 Å². The molecule has 1 heterocycles. The summed E-state index contributed by atoms with van der Waals surface area (Å²) >= 11 is 0. The van der Waals surface area contributed by atoms with Crippen LogP contribution in [0.5, 0.6) is 0 Å². The van der Waals surface area contributed by atoms with Gasteiger partial charge in [0.05, 0.1) is 6.61 Å². The Morgan fingerprint density at radius 2 is 1.85 bits per heavy atom. The minimum absolute atomic E-state index is 0.178. The fourth-order valence-corrected chi connectivity index (χ4v) is 2.47. The summed E-state index contributed by atoms with van der Waals surface area (Å²) in [5.41, 5.74) is 5.85. The van der Waals surface area contributed by atoms with Gasteiger partial charge in [-0.15, -0.1) is 0 Å². The highest BCUT2D eigenvalue weighted by Crippen LogP contribution is 2.16. The van der Waals surface area contributed by atoms with Gasteiger partial charge >= 0.3 is 0 Å². The molecule has 0 aliphatic carbocycles. The van der Waals surface area contributed by atoms with Crippen molar-refractivity contribution in [3.63, 3.8) is 0 Å². The summed E-state index contributed by atoms with van der Waals surface area (Å²) in [6.45, 7) is 0.178.